The molecule has 0 saturated heterocycles. The average Bonchev–Trinajstić information content (AvgIpc) is 0. The van der Waals surface area contributed by atoms with E-state index in [4.69, 9.17) is 0 Å². The minimum atomic E-state index is 0. The summed E-state index contributed by atoms with van der Waals surface area (Å²) in [5.74, 6) is 0. The van der Waals surface area contributed by atoms with E-state index in [1.54, 1.807) is 0 Å². The van der Waals surface area contributed by atoms with Crippen LogP contribution in [-0.4, -0.2) is 108 Å². The van der Waals surface area contributed by atoms with Gasteiger partial charge in [0, 0.05) is 0 Å². The topological polar surface area (TPSA) is 31.5 Å². The van der Waals surface area contributed by atoms with Crippen LogP contribution >= 0.6 is 48.0 Å². The Labute approximate surface area is 151 Å². The Hall–Kier alpha value is 4.69. The van der Waals surface area contributed by atoms with Crippen LogP contribution < -0.4 is 0 Å². The van der Waals surface area contributed by atoms with Crippen molar-refractivity contribution < 1.29 is 5.48 Å². The number of rotatable bonds is 0. The van der Waals surface area contributed by atoms with Gasteiger partial charge in [-0.1, -0.05) is 0 Å². The summed E-state index contributed by atoms with van der Waals surface area (Å²) in [4.78, 5) is 0. The van der Waals surface area contributed by atoms with Gasteiger partial charge in [-0.15, -0.1) is 48.0 Å². The molecule has 0 saturated carbocycles. The molecule has 0 aliphatic rings. The third-order valence-electron chi connectivity index (χ3n) is 0. The van der Waals surface area contributed by atoms with E-state index in [9.17, 15) is 0 Å². The molecule has 1 nitrogen and oxygen atoms in total. The zero-order valence-electron chi connectivity index (χ0n) is 1.32. The Morgan fingerprint density at radius 1 is 0.600 bits per heavy atom. The second-order valence-corrected chi connectivity index (χ2v) is 0. The summed E-state index contributed by atoms with van der Waals surface area (Å²) in [7, 11) is 0. The van der Waals surface area contributed by atoms with E-state index in [-0.39, 0.29) is 156 Å². The molecule has 0 fully saturated rings. The molecule has 0 heterocycles. The van der Waals surface area contributed by atoms with Gasteiger partial charge in [-0.25, -0.2) is 0 Å². The van der Waals surface area contributed by atoms with Gasteiger partial charge in [-0.2, -0.15) is 0 Å². The molecule has 2 N–H and O–H groups in total. The van der Waals surface area contributed by atoms with E-state index in [1.807, 2.05) is 0 Å². The monoisotopic (exact) mass is 354 g/mol. The Balaban J connectivity index is 0. The molecule has 0 aromatic rings. The van der Waals surface area contributed by atoms with Crippen LogP contribution in [-0.2, 0) is 0 Å². The third kappa shape index (κ3) is 17.7. The predicted octanol–water partition coefficient (Wildman–Crippen LogP) is -0.886. The van der Waals surface area contributed by atoms with E-state index in [0.29, 0.717) is 0 Å². The molecule has 28 valence electrons. The van der Waals surface area contributed by atoms with E-state index in [2.05, 4.69) is 0 Å². The maximum atomic E-state index is 0. The van der Waals surface area contributed by atoms with Crippen LogP contribution in [0.1, 0.15) is 0 Å². The van der Waals surface area contributed by atoms with E-state index in [0.717, 1.165) is 0 Å². The van der Waals surface area contributed by atoms with Crippen LogP contribution in [0.2, 0.25) is 0 Å². The first-order chi connectivity index (χ1) is 0. The molecule has 5 heavy (non-hydrogen) atoms. The van der Waals surface area contributed by atoms with E-state index >= 15 is 0 Å². The second kappa shape index (κ2) is 23.4. The first-order valence-electron chi connectivity index (χ1n) is 0. The van der Waals surface area contributed by atoms with Crippen LogP contribution in [0.3, 0.4) is 0 Å². The van der Waals surface area contributed by atoms with Crippen molar-refractivity contribution in [1.29, 1.82) is 0 Å². The van der Waals surface area contributed by atoms with Crippen molar-refractivity contribution in [3.8, 4) is 0 Å². The SMILES string of the molecule is I.I.O.[KH].[KH]. The van der Waals surface area contributed by atoms with Crippen molar-refractivity contribution in [2.75, 3.05) is 0 Å². The summed E-state index contributed by atoms with van der Waals surface area (Å²) >= 11 is 0. The summed E-state index contributed by atoms with van der Waals surface area (Å²) in [6, 6.07) is 0. The zero-order valence-corrected chi connectivity index (χ0v) is 5.98. The fraction of sp³-hybridized carbons (Fsp3) is 0. The standard InChI is InChI=1S/2HI.2K.H2O.2H/h2*1H;;;1H2;;. The molecule has 0 aliphatic heterocycles. The van der Waals surface area contributed by atoms with Crippen molar-refractivity contribution in [2.45, 2.75) is 0 Å². The minimum absolute atomic E-state index is 0. The second-order valence-electron chi connectivity index (χ2n) is 0. The van der Waals surface area contributed by atoms with Crippen LogP contribution in [0.4, 0.5) is 0 Å². The van der Waals surface area contributed by atoms with Crippen molar-refractivity contribution >= 4 is 151 Å². The zero-order chi connectivity index (χ0) is 0. The van der Waals surface area contributed by atoms with Crippen LogP contribution in [0.25, 0.3) is 0 Å². The van der Waals surface area contributed by atoms with Gasteiger partial charge in [-0.3, -0.25) is 0 Å². The van der Waals surface area contributed by atoms with Crippen molar-refractivity contribution in [2.24, 2.45) is 0 Å². The number of hydrogen-bond donors (Lipinski definition) is 0. The van der Waals surface area contributed by atoms with Crippen molar-refractivity contribution in [3.05, 3.63) is 0 Å². The van der Waals surface area contributed by atoms with Crippen molar-refractivity contribution in [1.82, 2.24) is 0 Å². The Bertz CT molecular complexity index is 7.61. The summed E-state index contributed by atoms with van der Waals surface area (Å²) in [6.07, 6.45) is 0. The van der Waals surface area contributed by atoms with Gasteiger partial charge in [0.25, 0.3) is 0 Å². The fourth-order valence-corrected chi connectivity index (χ4v) is 0. The molecule has 0 bridgehead atoms. The first kappa shape index (κ1) is 33.3. The molecular weight excluding hydrogens is 348 g/mol. The Morgan fingerprint density at radius 3 is 0.600 bits per heavy atom. The number of halogens is 2. The van der Waals surface area contributed by atoms with Crippen molar-refractivity contribution in [3.63, 3.8) is 0 Å². The van der Waals surface area contributed by atoms with Crippen LogP contribution in [0, 0.1) is 0 Å². The molecule has 0 radical (unpaired) electrons. The molecular formula is H6I2K2O. The quantitative estimate of drug-likeness (QED) is 0.400. The number of hydrogen-bond acceptors (Lipinski definition) is 0. The van der Waals surface area contributed by atoms with Gasteiger partial charge in [0.2, 0.25) is 0 Å². The Kier molecular flexibility index (Phi) is 155. The van der Waals surface area contributed by atoms with Gasteiger partial charge in [0.15, 0.2) is 0 Å². The van der Waals surface area contributed by atoms with Gasteiger partial charge < -0.3 is 5.48 Å². The van der Waals surface area contributed by atoms with Gasteiger partial charge >= 0.3 is 103 Å². The van der Waals surface area contributed by atoms with E-state index in [1.165, 1.54) is 0 Å². The molecule has 0 atom stereocenters. The third-order valence-corrected chi connectivity index (χ3v) is 0. The predicted molar refractivity (Wildman–Crippen MR) is 48.7 cm³/mol. The normalized spacial score (nSPS) is 0. The summed E-state index contributed by atoms with van der Waals surface area (Å²) < 4.78 is 0. The summed E-state index contributed by atoms with van der Waals surface area (Å²) in [5.41, 5.74) is 0. The van der Waals surface area contributed by atoms with Gasteiger partial charge in [-0.05, 0) is 0 Å². The molecule has 0 spiro atoms. The van der Waals surface area contributed by atoms with Gasteiger partial charge in [0.1, 0.15) is 0 Å². The molecule has 0 aromatic heterocycles. The molecule has 0 rings (SSSR count). The maximum absolute atomic E-state index is 0. The molecule has 5 heteroatoms. The van der Waals surface area contributed by atoms with Crippen LogP contribution in [0.5, 0.6) is 0 Å². The molecule has 0 amide bonds. The fourth-order valence-electron chi connectivity index (χ4n) is 0. The summed E-state index contributed by atoms with van der Waals surface area (Å²) in [5, 5.41) is 0. The Morgan fingerprint density at radius 2 is 0.600 bits per heavy atom. The molecule has 0 aliphatic carbocycles. The summed E-state index contributed by atoms with van der Waals surface area (Å²) in [6.45, 7) is 0. The molecule has 0 aromatic carbocycles. The molecule has 0 unspecified atom stereocenters. The van der Waals surface area contributed by atoms with Crippen LogP contribution in [0.15, 0.2) is 0 Å². The van der Waals surface area contributed by atoms with Gasteiger partial charge in [0.05, 0.1) is 0 Å². The average molecular weight is 354 g/mol. The first-order valence-corrected chi connectivity index (χ1v) is 0. The van der Waals surface area contributed by atoms with E-state index < -0.39 is 0 Å².